The molecule has 1 amide bonds. The minimum absolute atomic E-state index is 0.125. The van der Waals surface area contributed by atoms with E-state index >= 15 is 0 Å². The highest BCUT2D eigenvalue weighted by Gasteiger charge is 2.21. The fourth-order valence-corrected chi connectivity index (χ4v) is 4.01. The first kappa shape index (κ1) is 23.4. The fourth-order valence-electron chi connectivity index (χ4n) is 4.01. The van der Waals surface area contributed by atoms with Gasteiger partial charge in [0.05, 0.1) is 23.5 Å². The van der Waals surface area contributed by atoms with Crippen LogP contribution in [0, 0.1) is 11.3 Å². The van der Waals surface area contributed by atoms with Gasteiger partial charge in [-0.3, -0.25) is 4.79 Å². The smallest absolute Gasteiger partial charge is 0.246 e. The summed E-state index contributed by atoms with van der Waals surface area (Å²) in [5.41, 5.74) is 3.34. The molecule has 0 bridgehead atoms. The normalized spacial score (nSPS) is 14.9. The van der Waals surface area contributed by atoms with Crippen LogP contribution in [-0.4, -0.2) is 55.6 Å². The molecule has 1 aliphatic rings. The number of aromatic nitrogens is 1. The number of carbonyl (C=O) groups excluding carboxylic acids is 1. The number of hydrogen-bond acceptors (Lipinski definition) is 6. The molecule has 0 spiro atoms. The van der Waals surface area contributed by atoms with Crippen LogP contribution in [0.2, 0.25) is 0 Å². The molecular formula is C27H30N6O. The van der Waals surface area contributed by atoms with Gasteiger partial charge >= 0.3 is 0 Å². The zero-order chi connectivity index (χ0) is 23.8. The lowest BCUT2D eigenvalue weighted by atomic mass is 10.0. The van der Waals surface area contributed by atoms with Crippen molar-refractivity contribution < 1.29 is 4.79 Å². The van der Waals surface area contributed by atoms with Gasteiger partial charge < -0.3 is 20.4 Å². The molecule has 7 nitrogen and oxygen atoms in total. The van der Waals surface area contributed by atoms with Crippen molar-refractivity contribution in [2.45, 2.75) is 12.5 Å². The van der Waals surface area contributed by atoms with E-state index in [9.17, 15) is 4.79 Å². The molecule has 1 saturated heterocycles. The Bertz CT molecular complexity index is 1100. The summed E-state index contributed by atoms with van der Waals surface area (Å²) in [6.07, 6.45) is 2.48. The molecule has 4 rings (SSSR count). The van der Waals surface area contributed by atoms with Gasteiger partial charge in [-0.2, -0.15) is 5.26 Å². The number of anilines is 2. The number of hydrogen-bond donors (Lipinski definition) is 2. The predicted octanol–water partition coefficient (Wildman–Crippen LogP) is 3.22. The lowest BCUT2D eigenvalue weighted by molar-refractivity contribution is -0.118. The topological polar surface area (TPSA) is 84.3 Å². The van der Waals surface area contributed by atoms with Gasteiger partial charge in [0.15, 0.2) is 0 Å². The minimum Gasteiger partial charge on any atom is -0.354 e. The maximum absolute atomic E-state index is 13.2. The molecule has 0 aliphatic carbocycles. The number of carbonyl (C=O) groups is 1. The number of nitrogens with zero attached hydrogens (tertiary/aromatic N) is 4. The van der Waals surface area contributed by atoms with Crippen LogP contribution in [0.25, 0.3) is 0 Å². The van der Waals surface area contributed by atoms with E-state index in [2.05, 4.69) is 38.5 Å². The van der Waals surface area contributed by atoms with E-state index in [1.54, 1.807) is 6.20 Å². The molecule has 0 unspecified atom stereocenters. The maximum Gasteiger partial charge on any atom is 0.246 e. The summed E-state index contributed by atoms with van der Waals surface area (Å²) in [6.45, 7) is 4.57. The van der Waals surface area contributed by atoms with Crippen molar-refractivity contribution in [3.05, 3.63) is 89.6 Å². The van der Waals surface area contributed by atoms with Crippen LogP contribution in [0.15, 0.2) is 72.9 Å². The van der Waals surface area contributed by atoms with Crippen molar-refractivity contribution in [1.29, 1.82) is 5.26 Å². The number of piperazine rings is 1. The average Bonchev–Trinajstić information content (AvgIpc) is 2.88. The molecular weight excluding hydrogens is 424 g/mol. The minimum atomic E-state index is -0.489. The molecule has 34 heavy (non-hydrogen) atoms. The highest BCUT2D eigenvalue weighted by Crippen LogP contribution is 2.19. The maximum atomic E-state index is 13.2. The molecule has 1 aliphatic heterocycles. The number of rotatable bonds is 8. The lowest BCUT2D eigenvalue weighted by Crippen LogP contribution is -2.44. The first-order chi connectivity index (χ1) is 16.6. The van der Waals surface area contributed by atoms with Crippen molar-refractivity contribution in [2.75, 3.05) is 50.0 Å². The van der Waals surface area contributed by atoms with E-state index in [4.69, 9.17) is 5.26 Å². The third kappa shape index (κ3) is 6.19. The molecule has 2 N–H and O–H groups in total. The van der Waals surface area contributed by atoms with E-state index in [0.717, 1.165) is 49.5 Å². The van der Waals surface area contributed by atoms with Gasteiger partial charge in [0.2, 0.25) is 5.91 Å². The molecule has 2 aromatic carbocycles. The van der Waals surface area contributed by atoms with Crippen LogP contribution in [0.4, 0.5) is 11.5 Å². The highest BCUT2D eigenvalue weighted by atomic mass is 16.2. The van der Waals surface area contributed by atoms with Crippen LogP contribution >= 0.6 is 0 Å². The molecule has 1 aromatic heterocycles. The summed E-state index contributed by atoms with van der Waals surface area (Å²) in [6, 6.07) is 22.8. The number of pyridine rings is 1. The van der Waals surface area contributed by atoms with Crippen molar-refractivity contribution in [1.82, 2.24) is 15.2 Å². The van der Waals surface area contributed by atoms with Crippen molar-refractivity contribution in [3.8, 4) is 6.07 Å². The molecule has 2 heterocycles. The van der Waals surface area contributed by atoms with Crippen LogP contribution in [0.3, 0.4) is 0 Å². The molecule has 0 radical (unpaired) electrons. The number of nitrogens with one attached hydrogen (secondary N) is 2. The second-order valence-electron chi connectivity index (χ2n) is 8.54. The number of nitriles is 1. The summed E-state index contributed by atoms with van der Waals surface area (Å²) in [7, 11) is 2.13. The van der Waals surface area contributed by atoms with Crippen molar-refractivity contribution in [2.24, 2.45) is 0 Å². The van der Waals surface area contributed by atoms with Gasteiger partial charge in [-0.15, -0.1) is 0 Å². The quantitative estimate of drug-likeness (QED) is 0.544. The van der Waals surface area contributed by atoms with Gasteiger partial charge in [0.25, 0.3) is 0 Å². The average molecular weight is 455 g/mol. The second kappa shape index (κ2) is 11.4. The summed E-state index contributed by atoms with van der Waals surface area (Å²) >= 11 is 0. The highest BCUT2D eigenvalue weighted by molar-refractivity contribution is 5.95. The summed E-state index contributed by atoms with van der Waals surface area (Å²) in [5, 5.41) is 15.4. The molecule has 3 aromatic rings. The van der Waals surface area contributed by atoms with Crippen LogP contribution in [0.1, 0.15) is 22.7 Å². The largest absolute Gasteiger partial charge is 0.354 e. The molecule has 0 saturated carbocycles. The van der Waals surface area contributed by atoms with Gasteiger partial charge in [0.1, 0.15) is 11.9 Å². The number of amides is 1. The first-order valence-electron chi connectivity index (χ1n) is 11.6. The third-order valence-corrected chi connectivity index (χ3v) is 6.08. The van der Waals surface area contributed by atoms with Crippen LogP contribution in [0.5, 0.6) is 0 Å². The Kier molecular flexibility index (Phi) is 7.87. The van der Waals surface area contributed by atoms with E-state index < -0.39 is 6.04 Å². The fraction of sp³-hybridized carbons (Fsp3) is 0.296. The standard InChI is InChI=1S/C27H30N6O/c1-32-15-17-33(18-16-32)25-12-11-24(20-30-25)31-27(34)26(23-5-3-2-4-6-23)29-14-13-21-7-9-22(19-28)10-8-21/h2-12,20,26,29H,13-18H2,1H3,(H,31,34)/t26-/m0/s1. The molecule has 1 atom stereocenters. The summed E-state index contributed by atoms with van der Waals surface area (Å²) < 4.78 is 0. The van der Waals surface area contributed by atoms with E-state index in [1.807, 2.05) is 66.7 Å². The Morgan fingerprint density at radius 2 is 1.76 bits per heavy atom. The van der Waals surface area contributed by atoms with Gasteiger partial charge in [-0.1, -0.05) is 42.5 Å². The third-order valence-electron chi connectivity index (χ3n) is 6.08. The molecule has 1 fully saturated rings. The van der Waals surface area contributed by atoms with Crippen molar-refractivity contribution in [3.63, 3.8) is 0 Å². The SMILES string of the molecule is CN1CCN(c2ccc(NC(=O)[C@@H](NCCc3ccc(C#N)cc3)c3ccccc3)cn2)CC1. The Balaban J connectivity index is 1.38. The van der Waals surface area contributed by atoms with Crippen LogP contribution < -0.4 is 15.5 Å². The Labute approximate surface area is 201 Å². The van der Waals surface area contributed by atoms with Crippen molar-refractivity contribution >= 4 is 17.4 Å². The van der Waals surface area contributed by atoms with Gasteiger partial charge in [-0.25, -0.2) is 4.98 Å². The van der Waals surface area contributed by atoms with Gasteiger partial charge in [0, 0.05) is 32.7 Å². The van der Waals surface area contributed by atoms with Gasteiger partial charge in [-0.05, 0) is 48.9 Å². The van der Waals surface area contributed by atoms with Crippen LogP contribution in [-0.2, 0) is 11.2 Å². The Morgan fingerprint density at radius 1 is 1.03 bits per heavy atom. The zero-order valence-electron chi connectivity index (χ0n) is 19.4. The summed E-state index contributed by atoms with van der Waals surface area (Å²) in [5.74, 6) is 0.812. The first-order valence-corrected chi connectivity index (χ1v) is 11.6. The van der Waals surface area contributed by atoms with E-state index in [1.165, 1.54) is 0 Å². The lowest BCUT2D eigenvalue weighted by Gasteiger charge is -2.33. The second-order valence-corrected chi connectivity index (χ2v) is 8.54. The molecule has 174 valence electrons. The summed E-state index contributed by atoms with van der Waals surface area (Å²) in [4.78, 5) is 22.4. The Hall–Kier alpha value is -3.73. The molecule has 7 heteroatoms. The predicted molar refractivity (Wildman–Crippen MR) is 135 cm³/mol. The monoisotopic (exact) mass is 454 g/mol. The number of benzene rings is 2. The zero-order valence-corrected chi connectivity index (χ0v) is 19.4. The van der Waals surface area contributed by atoms with E-state index in [-0.39, 0.29) is 5.91 Å². The number of likely N-dealkylation sites (N-methyl/N-ethyl adjacent to an activating group) is 1. The van der Waals surface area contributed by atoms with E-state index in [0.29, 0.717) is 17.8 Å². The Morgan fingerprint density at radius 3 is 2.41 bits per heavy atom.